The summed E-state index contributed by atoms with van der Waals surface area (Å²) in [6.07, 6.45) is 1.10. The van der Waals surface area contributed by atoms with Crippen molar-refractivity contribution in [2.24, 2.45) is 0 Å². The van der Waals surface area contributed by atoms with Gasteiger partial charge in [-0.25, -0.2) is 0 Å². The maximum Gasteiger partial charge on any atom is 1.00 e. The van der Waals surface area contributed by atoms with Crippen LogP contribution in [0.1, 0.15) is 8.35 Å². The van der Waals surface area contributed by atoms with Crippen LogP contribution >= 0.6 is 0 Å². The van der Waals surface area contributed by atoms with E-state index >= 15 is 0 Å². The molecule has 0 aromatic carbocycles. The van der Waals surface area contributed by atoms with Gasteiger partial charge in [-0.3, -0.25) is 4.79 Å². The van der Waals surface area contributed by atoms with Gasteiger partial charge in [0.1, 0.15) is 0 Å². The molecule has 0 spiro atoms. The summed E-state index contributed by atoms with van der Waals surface area (Å²) in [5, 5.41) is 0. The molecule has 0 heterocycles. The lowest BCUT2D eigenvalue weighted by Gasteiger charge is -1.94. The van der Waals surface area contributed by atoms with Crippen LogP contribution in [0.2, 0.25) is 0 Å². The van der Waals surface area contributed by atoms with Crippen LogP contribution in [0, 0.1) is 0 Å². The Balaban J connectivity index is -0.000000126. The van der Waals surface area contributed by atoms with Gasteiger partial charge in [0.25, 0.3) is 0 Å². The average molecular weight is 174 g/mol. The van der Waals surface area contributed by atoms with E-state index in [4.69, 9.17) is 0 Å². The number of hydrogen-bond acceptors (Lipinski definition) is 2. The van der Waals surface area contributed by atoms with E-state index in [1.807, 2.05) is 0 Å². The van der Waals surface area contributed by atoms with Crippen molar-refractivity contribution in [3.8, 4) is 0 Å². The standard InChI is InChI=1S/C4H6O2.BF4/c1-3-6-4(2)5;2-1(3,4)5/h3H,1H2,2H3;/q;-1/p+1. The first-order valence-corrected chi connectivity index (χ1v) is 2.43. The van der Waals surface area contributed by atoms with Crippen LogP contribution < -0.4 is 0 Å². The molecule has 0 unspecified atom stereocenters. The van der Waals surface area contributed by atoms with Crippen molar-refractivity contribution < 1.29 is 28.2 Å². The van der Waals surface area contributed by atoms with E-state index in [0.29, 0.717) is 0 Å². The summed E-state index contributed by atoms with van der Waals surface area (Å²) in [4.78, 5) is 9.75. The molecule has 0 N–H and O–H groups in total. The normalized spacial score (nSPS) is 9.18. The third-order valence-electron chi connectivity index (χ3n) is 0.249. The first kappa shape index (κ1) is 12.7. The van der Waals surface area contributed by atoms with Gasteiger partial charge in [-0.05, 0) is 0 Å². The van der Waals surface area contributed by atoms with E-state index < -0.39 is 7.25 Å². The molecule has 0 saturated heterocycles. The summed E-state index contributed by atoms with van der Waals surface area (Å²) >= 11 is 0. The van der Waals surface area contributed by atoms with Crippen molar-refractivity contribution in [2.45, 2.75) is 6.92 Å². The molecule has 66 valence electrons. The van der Waals surface area contributed by atoms with Crippen LogP contribution in [0.5, 0.6) is 0 Å². The molecule has 11 heavy (non-hydrogen) atoms. The summed E-state index contributed by atoms with van der Waals surface area (Å²) in [6.45, 7) is 4.48. The number of esters is 1. The largest absolute Gasteiger partial charge is 1.00 e. The second-order valence-electron chi connectivity index (χ2n) is 1.27. The summed E-state index contributed by atoms with van der Waals surface area (Å²) < 4.78 is 43.2. The van der Waals surface area contributed by atoms with Gasteiger partial charge in [-0.1, -0.05) is 6.58 Å². The van der Waals surface area contributed by atoms with Gasteiger partial charge < -0.3 is 22.0 Å². The molecule has 0 aromatic heterocycles. The summed E-state index contributed by atoms with van der Waals surface area (Å²) in [5.41, 5.74) is 0. The number of carbonyl (C=O) groups excluding carboxylic acids is 1. The lowest BCUT2D eigenvalue weighted by atomic mass is 10.3. The molecule has 2 nitrogen and oxygen atoms in total. The highest BCUT2D eigenvalue weighted by Gasteiger charge is 2.20. The van der Waals surface area contributed by atoms with Crippen LogP contribution in [0.3, 0.4) is 0 Å². The Morgan fingerprint density at radius 2 is 1.82 bits per heavy atom. The fourth-order valence-electron chi connectivity index (χ4n) is 0.117. The van der Waals surface area contributed by atoms with Gasteiger partial charge in [0.2, 0.25) is 0 Å². The summed E-state index contributed by atoms with van der Waals surface area (Å²) in [7, 11) is -6.00. The SMILES string of the molecule is C=COC(C)=O.F[B-](F)(F)F.[H+]. The van der Waals surface area contributed by atoms with Crippen LogP contribution in [0.4, 0.5) is 17.3 Å². The number of hydrogen-bond donors (Lipinski definition) is 0. The molecule has 0 radical (unpaired) electrons. The van der Waals surface area contributed by atoms with E-state index in [2.05, 4.69) is 11.3 Å². The highest BCUT2D eigenvalue weighted by molar-refractivity contribution is 6.50. The molecule has 0 atom stereocenters. The Bertz CT molecular complexity index is 132. The lowest BCUT2D eigenvalue weighted by molar-refractivity contribution is -0.135. The number of carbonyl (C=O) groups is 1. The third-order valence-corrected chi connectivity index (χ3v) is 0.249. The van der Waals surface area contributed by atoms with Crippen molar-refractivity contribution in [3.63, 3.8) is 0 Å². The zero-order valence-electron chi connectivity index (χ0n) is 6.69. The Morgan fingerprint density at radius 3 is 1.82 bits per heavy atom. The van der Waals surface area contributed by atoms with Gasteiger partial charge in [-0.2, -0.15) is 0 Å². The van der Waals surface area contributed by atoms with E-state index in [1.165, 1.54) is 6.92 Å². The summed E-state index contributed by atoms with van der Waals surface area (Å²) in [5.74, 6) is -0.329. The van der Waals surface area contributed by atoms with Crippen LogP contribution in [-0.4, -0.2) is 13.2 Å². The average Bonchev–Trinajstić information content (AvgIpc) is 1.58. The molecule has 0 bridgehead atoms. The van der Waals surface area contributed by atoms with Crippen molar-refractivity contribution >= 4 is 13.2 Å². The minimum Gasteiger partial charge on any atom is -0.435 e. The molecule has 7 heteroatoms. The maximum absolute atomic E-state index is 9.75. The molecule has 0 aliphatic heterocycles. The van der Waals surface area contributed by atoms with Gasteiger partial charge >= 0.3 is 14.7 Å². The summed E-state index contributed by atoms with van der Waals surface area (Å²) in [6, 6.07) is 0. The molecular formula is C4H7BF4O2. The second-order valence-corrected chi connectivity index (χ2v) is 1.27. The predicted octanol–water partition coefficient (Wildman–Crippen LogP) is 2.11. The van der Waals surface area contributed by atoms with E-state index in [9.17, 15) is 22.1 Å². The number of ether oxygens (including phenoxy) is 1. The third kappa shape index (κ3) is 111. The Kier molecular flexibility index (Phi) is 6.62. The van der Waals surface area contributed by atoms with Crippen LogP contribution in [-0.2, 0) is 9.53 Å². The first-order valence-electron chi connectivity index (χ1n) is 2.43. The lowest BCUT2D eigenvalue weighted by Crippen LogP contribution is -2.02. The minimum absolute atomic E-state index is 0. The monoisotopic (exact) mass is 174 g/mol. The fourth-order valence-corrected chi connectivity index (χ4v) is 0.117. The molecule has 0 rings (SSSR count). The first-order chi connectivity index (χ1) is 4.77. The van der Waals surface area contributed by atoms with Gasteiger partial charge in [0, 0.05) is 6.92 Å². The van der Waals surface area contributed by atoms with Crippen molar-refractivity contribution in [2.75, 3.05) is 0 Å². The van der Waals surface area contributed by atoms with Crippen LogP contribution in [0.25, 0.3) is 0 Å². The molecule has 0 aliphatic rings. The van der Waals surface area contributed by atoms with E-state index in [-0.39, 0.29) is 7.40 Å². The molecule has 0 saturated carbocycles. The van der Waals surface area contributed by atoms with Gasteiger partial charge in [-0.15, -0.1) is 0 Å². The fraction of sp³-hybridized carbons (Fsp3) is 0.250. The topological polar surface area (TPSA) is 26.3 Å². The predicted molar refractivity (Wildman–Crippen MR) is 33.3 cm³/mol. The zero-order valence-corrected chi connectivity index (χ0v) is 5.69. The molecule has 0 aromatic rings. The smallest absolute Gasteiger partial charge is 0.435 e. The highest BCUT2D eigenvalue weighted by Crippen LogP contribution is 2.06. The van der Waals surface area contributed by atoms with Crippen molar-refractivity contribution in [3.05, 3.63) is 12.8 Å². The van der Waals surface area contributed by atoms with Crippen molar-refractivity contribution in [1.29, 1.82) is 0 Å². The van der Waals surface area contributed by atoms with E-state index in [0.717, 1.165) is 6.26 Å². The Morgan fingerprint density at radius 1 is 1.55 bits per heavy atom. The molecule has 0 aliphatic carbocycles. The minimum atomic E-state index is -6.00. The zero-order chi connectivity index (χ0) is 9.49. The molecular weight excluding hydrogens is 167 g/mol. The van der Waals surface area contributed by atoms with E-state index in [1.54, 1.807) is 0 Å². The number of halogens is 4. The van der Waals surface area contributed by atoms with Gasteiger partial charge in [0.15, 0.2) is 0 Å². The maximum atomic E-state index is 9.75. The van der Waals surface area contributed by atoms with Crippen LogP contribution in [0.15, 0.2) is 12.8 Å². The highest BCUT2D eigenvalue weighted by atomic mass is 19.5. The quantitative estimate of drug-likeness (QED) is 0.263. The molecule has 0 amide bonds. The Hall–Kier alpha value is -1.01. The van der Waals surface area contributed by atoms with Crippen molar-refractivity contribution in [1.82, 2.24) is 0 Å². The van der Waals surface area contributed by atoms with Gasteiger partial charge in [0.05, 0.1) is 6.26 Å². The Labute approximate surface area is 62.4 Å². The second kappa shape index (κ2) is 5.76. The molecule has 0 fully saturated rings. The number of rotatable bonds is 1.